The molecule has 4 rings (SSSR count). The van der Waals surface area contributed by atoms with Gasteiger partial charge in [0.05, 0.1) is 5.92 Å². The second kappa shape index (κ2) is 8.93. The van der Waals surface area contributed by atoms with Gasteiger partial charge in [0.25, 0.3) is 0 Å². The molecule has 29 heavy (non-hydrogen) atoms. The number of rotatable bonds is 6. The summed E-state index contributed by atoms with van der Waals surface area (Å²) in [4.78, 5) is 22.2. The van der Waals surface area contributed by atoms with Crippen molar-refractivity contribution in [1.29, 1.82) is 0 Å². The van der Waals surface area contributed by atoms with Gasteiger partial charge in [-0.15, -0.1) is 0 Å². The normalized spacial score (nSPS) is 23.0. The van der Waals surface area contributed by atoms with Gasteiger partial charge in [-0.05, 0) is 43.5 Å². The summed E-state index contributed by atoms with van der Waals surface area (Å²) in [6, 6.07) is 14.4. The standard InChI is InChI=1S/C23H31N5O/c1-18-9-10-24-21(17-18)27-15-13-26(14-16-27)11-6-12-28-23(29)22(19(2)25-28)20-7-4-3-5-8-20/h3-5,7-10,17,19,22,25H,6,11-16H2,1-2H3. The van der Waals surface area contributed by atoms with Crippen molar-refractivity contribution in [2.45, 2.75) is 32.2 Å². The molecule has 1 amide bonds. The quantitative estimate of drug-likeness (QED) is 0.817. The molecule has 2 aliphatic rings. The molecule has 6 nitrogen and oxygen atoms in total. The SMILES string of the molecule is Cc1ccnc(N2CCN(CCCN3NC(C)C(c4ccccc4)C3=O)CC2)c1. The Morgan fingerprint density at radius 3 is 2.55 bits per heavy atom. The molecular formula is C23H31N5O. The minimum Gasteiger partial charge on any atom is -0.354 e. The van der Waals surface area contributed by atoms with E-state index in [9.17, 15) is 4.79 Å². The Hall–Kier alpha value is -2.44. The zero-order valence-electron chi connectivity index (χ0n) is 17.4. The van der Waals surface area contributed by atoms with Crippen molar-refractivity contribution >= 4 is 11.7 Å². The summed E-state index contributed by atoms with van der Waals surface area (Å²) >= 11 is 0. The Morgan fingerprint density at radius 2 is 1.83 bits per heavy atom. The largest absolute Gasteiger partial charge is 0.354 e. The third-order valence-electron chi connectivity index (χ3n) is 6.00. The van der Waals surface area contributed by atoms with Crippen LogP contribution >= 0.6 is 0 Å². The van der Waals surface area contributed by atoms with Crippen LogP contribution in [0.3, 0.4) is 0 Å². The molecule has 1 N–H and O–H groups in total. The number of hydrogen-bond donors (Lipinski definition) is 1. The van der Waals surface area contributed by atoms with Crippen LogP contribution in [0.5, 0.6) is 0 Å². The predicted molar refractivity (Wildman–Crippen MR) is 116 cm³/mol. The van der Waals surface area contributed by atoms with Gasteiger partial charge in [0.15, 0.2) is 0 Å². The lowest BCUT2D eigenvalue weighted by molar-refractivity contribution is -0.130. The maximum atomic E-state index is 12.9. The van der Waals surface area contributed by atoms with E-state index >= 15 is 0 Å². The minimum atomic E-state index is -0.0819. The van der Waals surface area contributed by atoms with Crippen LogP contribution in [-0.2, 0) is 4.79 Å². The summed E-state index contributed by atoms with van der Waals surface area (Å²) in [5, 5.41) is 1.83. The van der Waals surface area contributed by atoms with Crippen LogP contribution in [0.2, 0.25) is 0 Å². The lowest BCUT2D eigenvalue weighted by atomic mass is 9.93. The molecule has 0 saturated carbocycles. The van der Waals surface area contributed by atoms with Crippen molar-refractivity contribution in [3.05, 3.63) is 59.8 Å². The predicted octanol–water partition coefficient (Wildman–Crippen LogP) is 2.42. The molecular weight excluding hydrogens is 362 g/mol. The van der Waals surface area contributed by atoms with Crippen LogP contribution in [0.25, 0.3) is 0 Å². The zero-order valence-corrected chi connectivity index (χ0v) is 17.4. The zero-order chi connectivity index (χ0) is 20.2. The van der Waals surface area contributed by atoms with Gasteiger partial charge < -0.3 is 4.90 Å². The Bertz CT molecular complexity index is 819. The van der Waals surface area contributed by atoms with Crippen molar-refractivity contribution in [1.82, 2.24) is 20.3 Å². The first-order chi connectivity index (χ1) is 14.1. The molecule has 154 valence electrons. The Morgan fingerprint density at radius 1 is 1.07 bits per heavy atom. The number of pyridine rings is 1. The van der Waals surface area contributed by atoms with E-state index in [2.05, 4.69) is 40.1 Å². The summed E-state index contributed by atoms with van der Waals surface area (Å²) in [6.07, 6.45) is 2.87. The Balaban J connectivity index is 1.23. The van der Waals surface area contributed by atoms with Crippen LogP contribution < -0.4 is 10.3 Å². The number of nitrogens with one attached hydrogen (secondary N) is 1. The molecule has 2 fully saturated rings. The number of hydrogen-bond acceptors (Lipinski definition) is 5. The van der Waals surface area contributed by atoms with Crippen molar-refractivity contribution < 1.29 is 4.79 Å². The summed E-state index contributed by atoms with van der Waals surface area (Å²) in [6.45, 7) is 10.1. The molecule has 2 atom stereocenters. The minimum absolute atomic E-state index is 0.0819. The highest BCUT2D eigenvalue weighted by Gasteiger charge is 2.38. The highest BCUT2D eigenvalue weighted by atomic mass is 16.2. The number of benzene rings is 1. The number of carbonyl (C=O) groups is 1. The van der Waals surface area contributed by atoms with E-state index in [0.717, 1.165) is 57.1 Å². The molecule has 1 aromatic heterocycles. The lowest BCUT2D eigenvalue weighted by Gasteiger charge is -2.35. The van der Waals surface area contributed by atoms with Crippen molar-refractivity contribution in [2.75, 3.05) is 44.2 Å². The summed E-state index contributed by atoms with van der Waals surface area (Å²) < 4.78 is 0. The van der Waals surface area contributed by atoms with Crippen molar-refractivity contribution in [3.8, 4) is 0 Å². The fourth-order valence-corrected chi connectivity index (χ4v) is 4.38. The third kappa shape index (κ3) is 4.60. The number of anilines is 1. The Labute approximate surface area is 173 Å². The van der Waals surface area contributed by atoms with Gasteiger partial charge in [-0.25, -0.2) is 10.4 Å². The average molecular weight is 394 g/mol. The highest BCUT2D eigenvalue weighted by Crippen LogP contribution is 2.27. The maximum absolute atomic E-state index is 12.9. The number of aromatic nitrogens is 1. The second-order valence-electron chi connectivity index (χ2n) is 8.17. The van der Waals surface area contributed by atoms with Gasteiger partial charge >= 0.3 is 0 Å². The van der Waals surface area contributed by atoms with Gasteiger partial charge in [-0.2, -0.15) is 0 Å². The first-order valence-electron chi connectivity index (χ1n) is 10.6. The molecule has 3 heterocycles. The van der Waals surface area contributed by atoms with E-state index in [1.54, 1.807) is 0 Å². The molecule has 2 unspecified atom stereocenters. The van der Waals surface area contributed by atoms with Crippen LogP contribution in [0.4, 0.5) is 5.82 Å². The average Bonchev–Trinajstić information content (AvgIpc) is 3.02. The Kier molecular flexibility index (Phi) is 6.11. The number of carbonyl (C=O) groups excluding carboxylic acids is 1. The first-order valence-corrected chi connectivity index (χ1v) is 10.6. The molecule has 0 radical (unpaired) electrons. The number of nitrogens with zero attached hydrogens (tertiary/aromatic N) is 4. The van der Waals surface area contributed by atoms with Crippen molar-refractivity contribution in [2.24, 2.45) is 0 Å². The summed E-state index contributed by atoms with van der Waals surface area (Å²) in [7, 11) is 0. The molecule has 1 aromatic carbocycles. The number of hydrazine groups is 1. The number of amides is 1. The lowest BCUT2D eigenvalue weighted by Crippen LogP contribution is -2.47. The second-order valence-corrected chi connectivity index (χ2v) is 8.17. The molecule has 6 heteroatoms. The topological polar surface area (TPSA) is 51.7 Å². The monoisotopic (exact) mass is 393 g/mol. The van der Waals surface area contributed by atoms with E-state index in [1.807, 2.05) is 47.6 Å². The van der Waals surface area contributed by atoms with Crippen LogP contribution in [0.1, 0.15) is 30.4 Å². The van der Waals surface area contributed by atoms with E-state index < -0.39 is 0 Å². The first kappa shape index (κ1) is 19.9. The van der Waals surface area contributed by atoms with Crippen LogP contribution in [-0.4, -0.2) is 66.1 Å². The van der Waals surface area contributed by atoms with E-state index in [-0.39, 0.29) is 17.9 Å². The molecule has 2 aliphatic heterocycles. The third-order valence-corrected chi connectivity index (χ3v) is 6.00. The highest BCUT2D eigenvalue weighted by molar-refractivity contribution is 5.86. The molecule has 2 aromatic rings. The van der Waals surface area contributed by atoms with E-state index in [0.29, 0.717) is 0 Å². The van der Waals surface area contributed by atoms with Gasteiger partial charge in [0.1, 0.15) is 5.82 Å². The fraction of sp³-hybridized carbons (Fsp3) is 0.478. The van der Waals surface area contributed by atoms with Gasteiger partial charge in [0.2, 0.25) is 5.91 Å². The fourth-order valence-electron chi connectivity index (χ4n) is 4.38. The van der Waals surface area contributed by atoms with Gasteiger partial charge in [-0.3, -0.25) is 14.7 Å². The summed E-state index contributed by atoms with van der Waals surface area (Å²) in [5.41, 5.74) is 5.72. The van der Waals surface area contributed by atoms with Crippen molar-refractivity contribution in [3.63, 3.8) is 0 Å². The molecule has 0 bridgehead atoms. The number of aryl methyl sites for hydroxylation is 1. The van der Waals surface area contributed by atoms with E-state index in [4.69, 9.17) is 0 Å². The molecule has 0 spiro atoms. The van der Waals surface area contributed by atoms with Crippen LogP contribution in [0.15, 0.2) is 48.7 Å². The summed E-state index contributed by atoms with van der Waals surface area (Å²) in [5.74, 6) is 1.19. The number of piperazine rings is 1. The van der Waals surface area contributed by atoms with E-state index in [1.165, 1.54) is 5.56 Å². The molecule has 2 saturated heterocycles. The maximum Gasteiger partial charge on any atom is 0.245 e. The smallest absolute Gasteiger partial charge is 0.245 e. The van der Waals surface area contributed by atoms with Gasteiger partial charge in [-0.1, -0.05) is 30.3 Å². The van der Waals surface area contributed by atoms with Gasteiger partial charge in [0, 0.05) is 51.5 Å². The molecule has 0 aliphatic carbocycles. The van der Waals surface area contributed by atoms with Crippen LogP contribution in [0, 0.1) is 6.92 Å².